The number of nitrogens with zero attached hydrogens (tertiary/aromatic N) is 4. The molecule has 1 aromatic carbocycles. The molecule has 3 N–H and O–H groups in total. The Morgan fingerprint density at radius 3 is 2.68 bits per heavy atom. The molecule has 2 aromatic heterocycles. The third kappa shape index (κ3) is 2.81. The van der Waals surface area contributed by atoms with Gasteiger partial charge in [0, 0.05) is 41.8 Å². The Balaban J connectivity index is 1.82. The van der Waals surface area contributed by atoms with Crippen LogP contribution in [-0.4, -0.2) is 32.2 Å². The molecular formula is C19H19N5O. The van der Waals surface area contributed by atoms with E-state index < -0.39 is 0 Å². The summed E-state index contributed by atoms with van der Waals surface area (Å²) in [5.74, 6) is 0. The molecule has 0 saturated heterocycles. The summed E-state index contributed by atoms with van der Waals surface area (Å²) in [6.07, 6.45) is 7.25. The Morgan fingerprint density at radius 1 is 1.08 bits per heavy atom. The summed E-state index contributed by atoms with van der Waals surface area (Å²) in [7, 11) is 0. The van der Waals surface area contributed by atoms with Crippen molar-refractivity contribution in [2.75, 3.05) is 6.54 Å². The third-order valence-electron chi connectivity index (χ3n) is 4.55. The molecular weight excluding hydrogens is 314 g/mol. The van der Waals surface area contributed by atoms with E-state index in [1.54, 1.807) is 12.4 Å². The average molecular weight is 333 g/mol. The molecule has 0 bridgehead atoms. The van der Waals surface area contributed by atoms with Crippen LogP contribution in [0.4, 0.5) is 0 Å². The van der Waals surface area contributed by atoms with Gasteiger partial charge in [-0.25, -0.2) is 0 Å². The summed E-state index contributed by atoms with van der Waals surface area (Å²) < 4.78 is 1.89. The molecule has 126 valence electrons. The van der Waals surface area contributed by atoms with E-state index in [4.69, 9.17) is 16.0 Å². The number of hydrogen-bond donors (Lipinski definition) is 2. The van der Waals surface area contributed by atoms with E-state index in [0.717, 1.165) is 46.5 Å². The molecule has 25 heavy (non-hydrogen) atoms. The highest BCUT2D eigenvalue weighted by molar-refractivity contribution is 6.04. The zero-order valence-corrected chi connectivity index (χ0v) is 13.8. The summed E-state index contributed by atoms with van der Waals surface area (Å²) >= 11 is 0. The largest absolute Gasteiger partial charge is 0.411 e. The highest BCUT2D eigenvalue weighted by Gasteiger charge is 2.20. The Bertz CT molecular complexity index is 930. The molecule has 0 spiro atoms. The van der Waals surface area contributed by atoms with E-state index in [2.05, 4.69) is 22.3 Å². The van der Waals surface area contributed by atoms with Crippen LogP contribution < -0.4 is 5.73 Å². The van der Waals surface area contributed by atoms with Crippen LogP contribution in [0.25, 0.3) is 22.4 Å². The van der Waals surface area contributed by atoms with Crippen LogP contribution in [0, 0.1) is 0 Å². The zero-order chi connectivity index (χ0) is 17.2. The number of oxime groups is 1. The number of fused-ring (bicyclic) bond motifs is 1. The lowest BCUT2D eigenvalue weighted by Crippen LogP contribution is -2.10. The minimum atomic E-state index is 0.539. The molecule has 3 aromatic rings. The third-order valence-corrected chi connectivity index (χ3v) is 4.55. The van der Waals surface area contributed by atoms with Gasteiger partial charge in [0.2, 0.25) is 0 Å². The minimum absolute atomic E-state index is 0.539. The molecule has 0 amide bonds. The van der Waals surface area contributed by atoms with Crippen molar-refractivity contribution in [3.05, 3.63) is 60.0 Å². The lowest BCUT2D eigenvalue weighted by molar-refractivity contribution is 0.318. The molecule has 0 fully saturated rings. The first-order chi connectivity index (χ1) is 12.3. The minimum Gasteiger partial charge on any atom is -0.411 e. The molecule has 1 aliphatic rings. The van der Waals surface area contributed by atoms with Gasteiger partial charge in [-0.05, 0) is 36.1 Å². The number of aromatic nitrogens is 3. The van der Waals surface area contributed by atoms with Gasteiger partial charge in [0.05, 0.1) is 12.3 Å². The smallest absolute Gasteiger partial charge is 0.100 e. The SMILES string of the molecule is NCCn1cc(-c2ccc3c(c2)CCC3=NO)c(-c2ccncc2)n1. The van der Waals surface area contributed by atoms with Crippen molar-refractivity contribution in [1.29, 1.82) is 0 Å². The fraction of sp³-hybridized carbons (Fsp3) is 0.211. The highest BCUT2D eigenvalue weighted by Crippen LogP contribution is 2.34. The van der Waals surface area contributed by atoms with E-state index in [9.17, 15) is 0 Å². The second-order valence-corrected chi connectivity index (χ2v) is 6.10. The Labute approximate surface area is 145 Å². The second kappa shape index (κ2) is 6.49. The van der Waals surface area contributed by atoms with Crippen LogP contribution in [0.3, 0.4) is 0 Å². The van der Waals surface area contributed by atoms with Crippen LogP contribution in [-0.2, 0) is 13.0 Å². The van der Waals surface area contributed by atoms with Gasteiger partial charge in [-0.2, -0.15) is 5.10 Å². The number of aryl methyl sites for hydroxylation is 1. The van der Waals surface area contributed by atoms with E-state index in [1.807, 2.05) is 29.1 Å². The molecule has 6 nitrogen and oxygen atoms in total. The van der Waals surface area contributed by atoms with Crippen LogP contribution in [0.1, 0.15) is 17.5 Å². The first kappa shape index (κ1) is 15.5. The van der Waals surface area contributed by atoms with Crippen LogP contribution in [0.15, 0.2) is 54.1 Å². The highest BCUT2D eigenvalue weighted by atomic mass is 16.4. The van der Waals surface area contributed by atoms with Gasteiger partial charge in [0.15, 0.2) is 0 Å². The maximum absolute atomic E-state index is 9.11. The fourth-order valence-corrected chi connectivity index (χ4v) is 3.34. The predicted molar refractivity (Wildman–Crippen MR) is 96.6 cm³/mol. The fourth-order valence-electron chi connectivity index (χ4n) is 3.34. The number of hydrogen-bond acceptors (Lipinski definition) is 5. The maximum Gasteiger partial charge on any atom is 0.100 e. The lowest BCUT2D eigenvalue weighted by Gasteiger charge is -2.05. The molecule has 0 unspecified atom stereocenters. The van der Waals surface area contributed by atoms with Crippen molar-refractivity contribution in [2.24, 2.45) is 10.9 Å². The molecule has 6 heteroatoms. The van der Waals surface area contributed by atoms with Gasteiger partial charge < -0.3 is 10.9 Å². The van der Waals surface area contributed by atoms with Gasteiger partial charge in [-0.15, -0.1) is 0 Å². The van der Waals surface area contributed by atoms with Crippen molar-refractivity contribution >= 4 is 5.71 Å². The molecule has 4 rings (SSSR count). The van der Waals surface area contributed by atoms with Gasteiger partial charge >= 0.3 is 0 Å². The van der Waals surface area contributed by atoms with Crippen molar-refractivity contribution in [3.8, 4) is 22.4 Å². The summed E-state index contributed by atoms with van der Waals surface area (Å²) in [6.45, 7) is 1.21. The Morgan fingerprint density at radius 2 is 1.92 bits per heavy atom. The number of nitrogens with two attached hydrogens (primary N) is 1. The van der Waals surface area contributed by atoms with Crippen molar-refractivity contribution in [1.82, 2.24) is 14.8 Å². The second-order valence-electron chi connectivity index (χ2n) is 6.10. The van der Waals surface area contributed by atoms with Crippen molar-refractivity contribution < 1.29 is 5.21 Å². The normalized spacial score (nSPS) is 14.8. The zero-order valence-electron chi connectivity index (χ0n) is 13.8. The van der Waals surface area contributed by atoms with E-state index in [1.165, 1.54) is 5.56 Å². The average Bonchev–Trinajstić information content (AvgIpc) is 3.26. The number of benzene rings is 1. The van der Waals surface area contributed by atoms with Gasteiger partial charge in [0.1, 0.15) is 5.69 Å². The molecule has 2 heterocycles. The van der Waals surface area contributed by atoms with Crippen LogP contribution in [0.5, 0.6) is 0 Å². The summed E-state index contributed by atoms with van der Waals surface area (Å²) in [5.41, 5.74) is 12.8. The standard InChI is InChI=1S/C19H19N5O/c20-7-10-24-12-17(19(22-24)13-5-8-21-9-6-13)15-1-3-16-14(11-15)2-4-18(16)23-25/h1,3,5-6,8-9,11-12,25H,2,4,7,10,20H2. The predicted octanol–water partition coefficient (Wildman–Crippen LogP) is 2.70. The number of pyridine rings is 1. The van der Waals surface area contributed by atoms with Crippen molar-refractivity contribution in [3.63, 3.8) is 0 Å². The molecule has 0 saturated carbocycles. The van der Waals surface area contributed by atoms with Crippen LogP contribution in [0.2, 0.25) is 0 Å². The topological polar surface area (TPSA) is 89.3 Å². The van der Waals surface area contributed by atoms with Crippen LogP contribution >= 0.6 is 0 Å². The lowest BCUT2D eigenvalue weighted by atomic mass is 9.98. The van der Waals surface area contributed by atoms with E-state index in [0.29, 0.717) is 13.1 Å². The summed E-state index contributed by atoms with van der Waals surface area (Å²) in [5, 5.41) is 17.2. The Kier molecular flexibility index (Phi) is 4.03. The summed E-state index contributed by atoms with van der Waals surface area (Å²) in [4.78, 5) is 4.09. The first-order valence-electron chi connectivity index (χ1n) is 8.32. The van der Waals surface area contributed by atoms with Gasteiger partial charge in [-0.1, -0.05) is 23.4 Å². The Hall–Kier alpha value is -2.99. The quantitative estimate of drug-likeness (QED) is 0.567. The molecule has 0 atom stereocenters. The first-order valence-corrected chi connectivity index (χ1v) is 8.32. The molecule has 0 radical (unpaired) electrons. The molecule has 0 aliphatic heterocycles. The monoisotopic (exact) mass is 333 g/mol. The molecule has 1 aliphatic carbocycles. The van der Waals surface area contributed by atoms with Gasteiger partial charge in [0.25, 0.3) is 0 Å². The van der Waals surface area contributed by atoms with E-state index >= 15 is 0 Å². The van der Waals surface area contributed by atoms with E-state index in [-0.39, 0.29) is 0 Å². The van der Waals surface area contributed by atoms with Crippen molar-refractivity contribution in [2.45, 2.75) is 19.4 Å². The van der Waals surface area contributed by atoms with Gasteiger partial charge in [-0.3, -0.25) is 9.67 Å². The maximum atomic E-state index is 9.11. The summed E-state index contributed by atoms with van der Waals surface area (Å²) in [6, 6.07) is 10.2. The number of rotatable bonds is 4.